The summed E-state index contributed by atoms with van der Waals surface area (Å²) in [6.45, 7) is 2.14. The second-order valence-corrected chi connectivity index (χ2v) is 6.72. The summed E-state index contributed by atoms with van der Waals surface area (Å²) in [6, 6.07) is 19.1. The quantitative estimate of drug-likeness (QED) is 0.470. The van der Waals surface area contributed by atoms with Crippen molar-refractivity contribution in [3.63, 3.8) is 0 Å². The van der Waals surface area contributed by atoms with E-state index in [4.69, 9.17) is 10.00 Å². The van der Waals surface area contributed by atoms with Crippen molar-refractivity contribution in [2.45, 2.75) is 6.92 Å². The molecule has 0 unspecified atom stereocenters. The average molecular weight is 356 g/mol. The van der Waals surface area contributed by atoms with E-state index in [9.17, 15) is 4.79 Å². The molecule has 3 nitrogen and oxygen atoms in total. The third-order valence-corrected chi connectivity index (χ3v) is 4.88. The standard InChI is InChI=1S/C18H15NO2Se/c1-2-21-18(20)17(22-16-9-4-3-5-10-16)12-14-7-6-8-15(11-14)13-19/h3-12H,2H2,1H3/b17-12+. The van der Waals surface area contributed by atoms with Crippen LogP contribution in [0, 0.1) is 11.3 Å². The average Bonchev–Trinajstić information content (AvgIpc) is 2.55. The number of hydrogen-bond donors (Lipinski definition) is 0. The van der Waals surface area contributed by atoms with Crippen LogP contribution < -0.4 is 4.46 Å². The van der Waals surface area contributed by atoms with Crippen LogP contribution in [0.3, 0.4) is 0 Å². The summed E-state index contributed by atoms with van der Waals surface area (Å²) in [4.78, 5) is 12.2. The Kier molecular flexibility index (Phi) is 5.97. The molecule has 2 aromatic rings. The van der Waals surface area contributed by atoms with Crippen molar-refractivity contribution in [1.29, 1.82) is 5.26 Å². The summed E-state index contributed by atoms with van der Waals surface area (Å²) in [5, 5.41) is 8.97. The van der Waals surface area contributed by atoms with Crippen molar-refractivity contribution in [2.75, 3.05) is 6.61 Å². The number of hydrogen-bond acceptors (Lipinski definition) is 3. The molecule has 2 aromatic carbocycles. The summed E-state index contributed by atoms with van der Waals surface area (Å²) >= 11 is -0.143. The molecule has 0 saturated heterocycles. The number of rotatable bonds is 5. The van der Waals surface area contributed by atoms with Gasteiger partial charge in [0.2, 0.25) is 0 Å². The van der Waals surface area contributed by atoms with Crippen molar-refractivity contribution < 1.29 is 9.53 Å². The van der Waals surface area contributed by atoms with Gasteiger partial charge in [0.25, 0.3) is 0 Å². The van der Waals surface area contributed by atoms with Gasteiger partial charge in [0, 0.05) is 0 Å². The van der Waals surface area contributed by atoms with E-state index in [1.165, 1.54) is 0 Å². The molecule has 0 atom stereocenters. The summed E-state index contributed by atoms with van der Waals surface area (Å²) < 4.78 is 6.89. The fraction of sp³-hybridized carbons (Fsp3) is 0.111. The van der Waals surface area contributed by atoms with E-state index < -0.39 is 0 Å². The number of nitriles is 1. The van der Waals surface area contributed by atoms with Gasteiger partial charge in [-0.15, -0.1) is 0 Å². The van der Waals surface area contributed by atoms with Crippen molar-refractivity contribution in [2.24, 2.45) is 0 Å². The maximum absolute atomic E-state index is 12.2. The molecule has 2 rings (SSSR count). The van der Waals surface area contributed by atoms with Crippen LogP contribution in [0.2, 0.25) is 0 Å². The molecular formula is C18H15NO2Se. The van der Waals surface area contributed by atoms with Gasteiger partial charge in [-0.1, -0.05) is 0 Å². The first-order valence-corrected chi connectivity index (χ1v) is 8.56. The fourth-order valence-electron chi connectivity index (χ4n) is 1.80. The Balaban J connectivity index is 2.32. The number of carbonyl (C=O) groups is 1. The maximum atomic E-state index is 12.2. The van der Waals surface area contributed by atoms with E-state index in [1.807, 2.05) is 48.5 Å². The van der Waals surface area contributed by atoms with Gasteiger partial charge in [-0.3, -0.25) is 0 Å². The Labute approximate surface area is 136 Å². The molecule has 0 saturated carbocycles. The van der Waals surface area contributed by atoms with Crippen LogP contribution in [-0.2, 0) is 9.53 Å². The molecule has 22 heavy (non-hydrogen) atoms. The van der Waals surface area contributed by atoms with Crippen molar-refractivity contribution in [3.8, 4) is 6.07 Å². The van der Waals surface area contributed by atoms with Crippen molar-refractivity contribution in [1.82, 2.24) is 0 Å². The molecule has 0 radical (unpaired) electrons. The molecule has 0 N–H and O–H groups in total. The van der Waals surface area contributed by atoms with E-state index in [0.717, 1.165) is 10.0 Å². The predicted octanol–water partition coefficient (Wildman–Crippen LogP) is 2.49. The molecular weight excluding hydrogens is 341 g/mol. The second-order valence-electron chi connectivity index (χ2n) is 4.38. The Morgan fingerprint density at radius 3 is 2.68 bits per heavy atom. The molecule has 0 fully saturated rings. The summed E-state index contributed by atoms with van der Waals surface area (Å²) in [6.07, 6.45) is 1.81. The van der Waals surface area contributed by atoms with Crippen LogP contribution in [0.15, 0.2) is 59.1 Å². The van der Waals surface area contributed by atoms with E-state index in [1.54, 1.807) is 19.1 Å². The van der Waals surface area contributed by atoms with E-state index in [-0.39, 0.29) is 20.9 Å². The molecule has 0 spiro atoms. The zero-order valence-electron chi connectivity index (χ0n) is 12.2. The first-order chi connectivity index (χ1) is 10.7. The minimum absolute atomic E-state index is 0.143. The predicted molar refractivity (Wildman–Crippen MR) is 87.6 cm³/mol. The summed E-state index contributed by atoms with van der Waals surface area (Å²) in [5.41, 5.74) is 1.41. The molecule has 110 valence electrons. The first-order valence-electron chi connectivity index (χ1n) is 6.85. The van der Waals surface area contributed by atoms with Crippen LogP contribution in [0.5, 0.6) is 0 Å². The number of ether oxygens (including phenoxy) is 1. The Morgan fingerprint density at radius 1 is 1.23 bits per heavy atom. The summed E-state index contributed by atoms with van der Waals surface area (Å²) in [5.74, 6) is -0.297. The topological polar surface area (TPSA) is 50.1 Å². The molecule has 0 aliphatic rings. The first kappa shape index (κ1) is 16.0. The van der Waals surface area contributed by atoms with Crippen molar-refractivity contribution in [3.05, 3.63) is 70.2 Å². The van der Waals surface area contributed by atoms with E-state index in [2.05, 4.69) is 6.07 Å². The van der Waals surface area contributed by atoms with E-state index >= 15 is 0 Å². The second kappa shape index (κ2) is 8.19. The molecule has 0 heterocycles. The molecule has 0 aliphatic heterocycles. The molecule has 0 aromatic heterocycles. The Morgan fingerprint density at radius 2 is 2.00 bits per heavy atom. The number of benzene rings is 2. The zero-order chi connectivity index (χ0) is 15.8. The van der Waals surface area contributed by atoms with Gasteiger partial charge in [0.15, 0.2) is 0 Å². The minimum atomic E-state index is -0.297. The van der Waals surface area contributed by atoms with Crippen LogP contribution in [0.25, 0.3) is 6.08 Å². The van der Waals surface area contributed by atoms with Crippen LogP contribution in [0.1, 0.15) is 18.1 Å². The Bertz CT molecular complexity index is 717. The fourth-order valence-corrected chi connectivity index (χ4v) is 3.65. The van der Waals surface area contributed by atoms with Gasteiger partial charge in [-0.2, -0.15) is 0 Å². The van der Waals surface area contributed by atoms with Gasteiger partial charge < -0.3 is 0 Å². The monoisotopic (exact) mass is 357 g/mol. The normalized spacial score (nSPS) is 10.8. The van der Waals surface area contributed by atoms with Gasteiger partial charge in [0.05, 0.1) is 0 Å². The van der Waals surface area contributed by atoms with Crippen LogP contribution >= 0.6 is 0 Å². The number of nitrogens with zero attached hydrogens (tertiary/aromatic N) is 1. The van der Waals surface area contributed by atoms with Gasteiger partial charge in [-0.05, 0) is 0 Å². The summed E-state index contributed by atoms with van der Waals surface area (Å²) in [7, 11) is 0. The molecule has 0 aliphatic carbocycles. The molecule has 4 heteroatoms. The van der Waals surface area contributed by atoms with Crippen LogP contribution in [0.4, 0.5) is 0 Å². The van der Waals surface area contributed by atoms with Gasteiger partial charge >= 0.3 is 136 Å². The third-order valence-electron chi connectivity index (χ3n) is 2.76. The number of carbonyl (C=O) groups excluding carboxylic acids is 1. The molecule has 0 amide bonds. The Hall–Kier alpha value is -2.34. The number of esters is 1. The third kappa shape index (κ3) is 4.59. The van der Waals surface area contributed by atoms with E-state index in [0.29, 0.717) is 16.6 Å². The molecule has 0 bridgehead atoms. The van der Waals surface area contributed by atoms with Gasteiger partial charge in [-0.25, -0.2) is 0 Å². The SMILES string of the molecule is CCOC(=O)/C(=C\c1cccc(C#N)c1)[Se]c1ccccc1. The van der Waals surface area contributed by atoms with Gasteiger partial charge in [0.1, 0.15) is 0 Å². The zero-order valence-corrected chi connectivity index (χ0v) is 13.9. The van der Waals surface area contributed by atoms with Crippen LogP contribution in [-0.4, -0.2) is 27.5 Å². The van der Waals surface area contributed by atoms with Crippen molar-refractivity contribution >= 4 is 31.5 Å².